The summed E-state index contributed by atoms with van der Waals surface area (Å²) in [7, 11) is 0. The summed E-state index contributed by atoms with van der Waals surface area (Å²) in [6.07, 6.45) is -0.0233. The number of nitrogens with one attached hydrogen (secondary N) is 2. The zero-order valence-corrected chi connectivity index (χ0v) is 13.9. The molecule has 8 heteroatoms. The second-order valence-electron chi connectivity index (χ2n) is 5.59. The van der Waals surface area contributed by atoms with Gasteiger partial charge in [-0.1, -0.05) is 27.7 Å². The van der Waals surface area contributed by atoms with Crippen molar-refractivity contribution in [1.82, 2.24) is 10.3 Å². The number of anilines is 1. The first-order valence-corrected chi connectivity index (χ1v) is 7.86. The van der Waals surface area contributed by atoms with Gasteiger partial charge in [0.25, 0.3) is 0 Å². The zero-order valence-electron chi connectivity index (χ0n) is 13.0. The number of hydrogen-bond donors (Lipinski definition) is 3. The molecule has 1 atom stereocenters. The highest BCUT2D eigenvalue weighted by Crippen LogP contribution is 2.16. The van der Waals surface area contributed by atoms with E-state index in [2.05, 4.69) is 15.6 Å². The fourth-order valence-corrected chi connectivity index (χ4v) is 2.31. The lowest BCUT2D eigenvalue weighted by molar-refractivity contribution is -0.143. The van der Waals surface area contributed by atoms with Crippen molar-refractivity contribution in [2.45, 2.75) is 40.2 Å². The lowest BCUT2D eigenvalue weighted by Crippen LogP contribution is -2.44. The third kappa shape index (κ3) is 5.44. The Hall–Kier alpha value is -1.96. The number of amides is 2. The average Bonchev–Trinajstić information content (AvgIpc) is 2.82. The van der Waals surface area contributed by atoms with Crippen molar-refractivity contribution in [2.24, 2.45) is 11.8 Å². The van der Waals surface area contributed by atoms with Crippen LogP contribution >= 0.6 is 11.3 Å². The van der Waals surface area contributed by atoms with Crippen molar-refractivity contribution in [3.8, 4) is 0 Å². The van der Waals surface area contributed by atoms with E-state index in [1.807, 2.05) is 0 Å². The van der Waals surface area contributed by atoms with Crippen molar-refractivity contribution in [1.29, 1.82) is 0 Å². The molecule has 22 heavy (non-hydrogen) atoms. The van der Waals surface area contributed by atoms with E-state index in [-0.39, 0.29) is 24.2 Å². The molecule has 2 amide bonds. The predicted octanol–water partition coefficient (Wildman–Crippen LogP) is 1.51. The minimum Gasteiger partial charge on any atom is -0.480 e. The summed E-state index contributed by atoms with van der Waals surface area (Å²) >= 11 is 1.23. The summed E-state index contributed by atoms with van der Waals surface area (Å²) in [4.78, 5) is 38.6. The van der Waals surface area contributed by atoms with Crippen molar-refractivity contribution in [2.75, 3.05) is 5.32 Å². The van der Waals surface area contributed by atoms with Gasteiger partial charge in [0.1, 0.15) is 6.04 Å². The second kappa shape index (κ2) is 7.88. The summed E-state index contributed by atoms with van der Waals surface area (Å²) < 4.78 is 0. The topological polar surface area (TPSA) is 108 Å². The van der Waals surface area contributed by atoms with E-state index < -0.39 is 17.9 Å². The Balaban J connectivity index is 2.60. The Morgan fingerprint density at radius 3 is 2.41 bits per heavy atom. The average molecular weight is 327 g/mol. The molecule has 0 radical (unpaired) electrons. The summed E-state index contributed by atoms with van der Waals surface area (Å²) in [5.74, 6) is -1.98. The molecule has 3 N–H and O–H groups in total. The molecule has 1 rings (SSSR count). The smallest absolute Gasteiger partial charge is 0.326 e. The van der Waals surface area contributed by atoms with E-state index in [1.54, 1.807) is 33.1 Å². The first-order chi connectivity index (χ1) is 10.2. The normalized spacial score (nSPS) is 12.3. The van der Waals surface area contributed by atoms with Crippen molar-refractivity contribution in [3.63, 3.8) is 0 Å². The Labute approximate surface area is 133 Å². The van der Waals surface area contributed by atoms with Gasteiger partial charge in [0, 0.05) is 11.3 Å². The lowest BCUT2D eigenvalue weighted by Gasteiger charge is -2.17. The number of rotatable bonds is 7. The number of carboxylic acids is 1. The number of thiazole rings is 1. The standard InChI is InChI=1S/C14H21N3O4S/c1-7(2)11(13(20)21)16-10(18)5-9-6-22-14(15-9)17-12(19)8(3)4/h6-8,11H,5H2,1-4H3,(H,16,18)(H,20,21)(H,15,17,19). The monoisotopic (exact) mass is 327 g/mol. The van der Waals surface area contributed by atoms with Crippen LogP contribution in [0.25, 0.3) is 0 Å². The van der Waals surface area contributed by atoms with Gasteiger partial charge in [0.05, 0.1) is 12.1 Å². The van der Waals surface area contributed by atoms with E-state index in [4.69, 9.17) is 5.11 Å². The maximum Gasteiger partial charge on any atom is 0.326 e. The van der Waals surface area contributed by atoms with Crippen molar-refractivity contribution < 1.29 is 19.5 Å². The van der Waals surface area contributed by atoms with Gasteiger partial charge in [-0.15, -0.1) is 11.3 Å². The lowest BCUT2D eigenvalue weighted by atomic mass is 10.0. The number of aliphatic carboxylic acids is 1. The molecule has 1 aromatic rings. The van der Waals surface area contributed by atoms with E-state index in [0.717, 1.165) is 0 Å². The summed E-state index contributed by atoms with van der Waals surface area (Å²) in [5.41, 5.74) is 0.495. The van der Waals surface area contributed by atoms with Gasteiger partial charge in [0.2, 0.25) is 11.8 Å². The molecule has 0 aromatic carbocycles. The van der Waals surface area contributed by atoms with Crippen LogP contribution in [-0.2, 0) is 20.8 Å². The van der Waals surface area contributed by atoms with Crippen LogP contribution in [0.3, 0.4) is 0 Å². The molecule has 1 heterocycles. The molecule has 0 aliphatic carbocycles. The van der Waals surface area contributed by atoms with Crippen molar-refractivity contribution in [3.05, 3.63) is 11.1 Å². The Morgan fingerprint density at radius 2 is 1.91 bits per heavy atom. The summed E-state index contributed by atoms with van der Waals surface area (Å²) in [5, 5.41) is 16.3. The third-order valence-electron chi connectivity index (χ3n) is 2.90. The molecule has 0 aliphatic rings. The molecule has 0 aliphatic heterocycles. The Kier molecular flexibility index (Phi) is 6.48. The number of carboxylic acid groups (broad SMARTS) is 1. The largest absolute Gasteiger partial charge is 0.480 e. The highest BCUT2D eigenvalue weighted by Gasteiger charge is 2.23. The van der Waals surface area contributed by atoms with Crippen LogP contribution < -0.4 is 10.6 Å². The number of aromatic nitrogens is 1. The van der Waals surface area contributed by atoms with Crippen LogP contribution in [0.1, 0.15) is 33.4 Å². The summed E-state index contributed by atoms with van der Waals surface area (Å²) in [6, 6.07) is -0.925. The first-order valence-electron chi connectivity index (χ1n) is 6.98. The minimum absolute atomic E-state index is 0.0233. The fraction of sp³-hybridized carbons (Fsp3) is 0.571. The van der Waals surface area contributed by atoms with Crippen LogP contribution in [0.4, 0.5) is 5.13 Å². The van der Waals surface area contributed by atoms with Crippen LogP contribution in [0.2, 0.25) is 0 Å². The molecule has 1 unspecified atom stereocenters. The second-order valence-corrected chi connectivity index (χ2v) is 6.45. The van der Waals surface area contributed by atoms with Crippen molar-refractivity contribution >= 4 is 34.3 Å². The van der Waals surface area contributed by atoms with Gasteiger partial charge in [-0.25, -0.2) is 9.78 Å². The van der Waals surface area contributed by atoms with Gasteiger partial charge in [0.15, 0.2) is 5.13 Å². The SMILES string of the molecule is CC(C)C(=O)Nc1nc(CC(=O)NC(C(=O)O)C(C)C)cs1. The van der Waals surface area contributed by atoms with E-state index in [9.17, 15) is 14.4 Å². The molecular formula is C14H21N3O4S. The maximum atomic E-state index is 11.9. The van der Waals surface area contributed by atoms with Gasteiger partial charge in [-0.2, -0.15) is 0 Å². The van der Waals surface area contributed by atoms with Gasteiger partial charge < -0.3 is 15.7 Å². The molecule has 0 fully saturated rings. The molecule has 0 saturated heterocycles. The molecule has 0 saturated carbocycles. The highest BCUT2D eigenvalue weighted by molar-refractivity contribution is 7.13. The van der Waals surface area contributed by atoms with Crippen LogP contribution in [0.15, 0.2) is 5.38 Å². The molecular weight excluding hydrogens is 306 g/mol. The van der Waals surface area contributed by atoms with Crippen LogP contribution in [0, 0.1) is 11.8 Å². The van der Waals surface area contributed by atoms with E-state index in [1.165, 1.54) is 11.3 Å². The maximum absolute atomic E-state index is 11.9. The number of hydrogen-bond acceptors (Lipinski definition) is 5. The Bertz CT molecular complexity index is 554. The number of nitrogens with zero attached hydrogens (tertiary/aromatic N) is 1. The van der Waals surface area contributed by atoms with E-state index in [0.29, 0.717) is 10.8 Å². The quantitative estimate of drug-likeness (QED) is 0.703. The fourth-order valence-electron chi connectivity index (χ4n) is 1.60. The highest BCUT2D eigenvalue weighted by atomic mass is 32.1. The molecule has 0 spiro atoms. The molecule has 122 valence electrons. The van der Waals surface area contributed by atoms with Gasteiger partial charge in [-0.3, -0.25) is 9.59 Å². The molecule has 0 bridgehead atoms. The Morgan fingerprint density at radius 1 is 1.27 bits per heavy atom. The molecule has 1 aromatic heterocycles. The van der Waals surface area contributed by atoms with Gasteiger partial charge >= 0.3 is 5.97 Å². The minimum atomic E-state index is -1.06. The molecule has 7 nitrogen and oxygen atoms in total. The third-order valence-corrected chi connectivity index (χ3v) is 3.70. The van der Waals surface area contributed by atoms with E-state index >= 15 is 0 Å². The number of carbonyl (C=O) groups excluding carboxylic acids is 2. The first kappa shape index (κ1) is 18.1. The predicted molar refractivity (Wildman–Crippen MR) is 83.7 cm³/mol. The van der Waals surface area contributed by atoms with Crippen LogP contribution in [0.5, 0.6) is 0 Å². The number of carbonyl (C=O) groups is 3. The van der Waals surface area contributed by atoms with Crippen LogP contribution in [-0.4, -0.2) is 33.9 Å². The summed E-state index contributed by atoms with van der Waals surface area (Å²) in [6.45, 7) is 6.99. The zero-order chi connectivity index (χ0) is 16.9. The van der Waals surface area contributed by atoms with Gasteiger partial charge in [-0.05, 0) is 5.92 Å².